The van der Waals surface area contributed by atoms with Gasteiger partial charge in [0.15, 0.2) is 0 Å². The number of aliphatic hydroxyl groups is 6. The average Bonchev–Trinajstić information content (AvgIpc) is 3.29. The molecule has 41 heavy (non-hydrogen) atoms. The first-order valence-electron chi connectivity index (χ1n) is 14.8. The summed E-state index contributed by atoms with van der Waals surface area (Å²) in [6.07, 6.45) is 10.7. The van der Waals surface area contributed by atoms with E-state index in [2.05, 4.69) is 26.5 Å². The van der Waals surface area contributed by atoms with Crippen molar-refractivity contribution < 1.29 is 40.2 Å². The average molecular weight is 577 g/mol. The largest absolute Gasteiger partial charge is 0.396 e. The van der Waals surface area contributed by atoms with E-state index >= 15 is 0 Å². The van der Waals surface area contributed by atoms with Crippen LogP contribution in [0.25, 0.3) is 0 Å². The van der Waals surface area contributed by atoms with Gasteiger partial charge in [-0.2, -0.15) is 0 Å². The van der Waals surface area contributed by atoms with Gasteiger partial charge in [-0.15, -0.1) is 0 Å². The first-order chi connectivity index (χ1) is 19.5. The third-order valence-electron chi connectivity index (χ3n) is 9.02. The van der Waals surface area contributed by atoms with Crippen molar-refractivity contribution in [3.8, 4) is 0 Å². The van der Waals surface area contributed by atoms with Gasteiger partial charge in [-0.3, -0.25) is 4.79 Å². The Balaban J connectivity index is 2.48. The molecule has 2 aliphatic rings. The predicted octanol–water partition coefficient (Wildman–Crippen LogP) is 3.32. The predicted molar refractivity (Wildman–Crippen MR) is 160 cm³/mol. The van der Waals surface area contributed by atoms with E-state index in [0.29, 0.717) is 37.7 Å². The topological polar surface area (TPSA) is 148 Å². The van der Waals surface area contributed by atoms with Crippen molar-refractivity contribution in [2.24, 2.45) is 17.3 Å². The zero-order valence-electron chi connectivity index (χ0n) is 25.1. The zero-order chi connectivity index (χ0) is 30.6. The molecule has 0 aromatic rings. The zero-order valence-corrected chi connectivity index (χ0v) is 25.1. The van der Waals surface area contributed by atoms with Crippen LogP contribution in [0.4, 0.5) is 0 Å². The molecule has 0 amide bonds. The fraction of sp³-hybridized carbons (Fsp3) is 0.667. The number of hydrogen-bond donors (Lipinski definition) is 6. The van der Waals surface area contributed by atoms with Crippen LogP contribution in [0.1, 0.15) is 72.1 Å². The molecule has 6 N–H and O–H groups in total. The molecule has 6 atom stereocenters. The number of hydrogen-bond acceptors (Lipinski definition) is 8. The van der Waals surface area contributed by atoms with Gasteiger partial charge < -0.3 is 35.4 Å². The highest BCUT2D eigenvalue weighted by Crippen LogP contribution is 2.63. The van der Waals surface area contributed by atoms with Crippen LogP contribution in [-0.4, -0.2) is 87.8 Å². The first-order valence-corrected chi connectivity index (χ1v) is 14.8. The van der Waals surface area contributed by atoms with Crippen LogP contribution < -0.4 is 0 Å². The second kappa shape index (κ2) is 16.7. The lowest BCUT2D eigenvalue weighted by molar-refractivity contribution is -0.195. The van der Waals surface area contributed by atoms with Gasteiger partial charge >= 0.3 is 0 Å². The molecule has 0 aromatic carbocycles. The molecule has 8 heteroatoms. The van der Waals surface area contributed by atoms with E-state index in [9.17, 15) is 35.4 Å². The molecule has 8 nitrogen and oxygen atoms in total. The van der Waals surface area contributed by atoms with Gasteiger partial charge in [0.25, 0.3) is 0 Å². The van der Waals surface area contributed by atoms with Gasteiger partial charge in [0, 0.05) is 17.9 Å². The Labute approximate surface area is 245 Å². The summed E-state index contributed by atoms with van der Waals surface area (Å²) in [7, 11) is 0. The maximum absolute atomic E-state index is 12.1. The molecule has 2 saturated carbocycles. The van der Waals surface area contributed by atoms with E-state index in [-0.39, 0.29) is 26.2 Å². The molecule has 0 bridgehead atoms. The van der Waals surface area contributed by atoms with Crippen LogP contribution in [0.2, 0.25) is 0 Å². The number of allylic oxidation sites excluding steroid dienone is 8. The minimum absolute atomic E-state index is 0.0639. The fourth-order valence-corrected chi connectivity index (χ4v) is 6.80. The van der Waals surface area contributed by atoms with Crippen LogP contribution in [0.3, 0.4) is 0 Å². The third-order valence-corrected chi connectivity index (χ3v) is 9.02. The Hall–Kier alpha value is -1.91. The molecule has 0 radical (unpaired) electrons. The number of carbonyl (C=O) groups excluding carboxylic acids is 1. The van der Waals surface area contributed by atoms with E-state index in [4.69, 9.17) is 4.74 Å². The minimum atomic E-state index is -1.57. The van der Waals surface area contributed by atoms with Gasteiger partial charge in [0.2, 0.25) is 0 Å². The number of carbonyl (C=O) groups is 1. The van der Waals surface area contributed by atoms with E-state index in [1.165, 1.54) is 5.57 Å². The Morgan fingerprint density at radius 1 is 1.20 bits per heavy atom. The summed E-state index contributed by atoms with van der Waals surface area (Å²) in [6.45, 7) is 8.98. The minimum Gasteiger partial charge on any atom is -0.396 e. The van der Waals surface area contributed by atoms with Gasteiger partial charge in [-0.1, -0.05) is 47.6 Å². The SMILES string of the molecule is C=C(/C=C/C=C(/COC[C@H](O)CO)[C@@H]1CC[C@]2([C@@H]1O)[C@@H](CCCO)/C(=C(/C)C=O)CC[C@]2(O)CO)CCC=C(C)C. The molecule has 2 aliphatic carbocycles. The van der Waals surface area contributed by atoms with Crippen molar-refractivity contribution in [3.05, 3.63) is 58.7 Å². The molecule has 1 spiro atoms. The second-order valence-electron chi connectivity index (χ2n) is 12.0. The van der Waals surface area contributed by atoms with Crippen molar-refractivity contribution in [3.63, 3.8) is 0 Å². The summed E-state index contributed by atoms with van der Waals surface area (Å²) in [6, 6.07) is 0. The maximum Gasteiger partial charge on any atom is 0.145 e. The Morgan fingerprint density at radius 2 is 1.93 bits per heavy atom. The number of aldehydes is 1. The van der Waals surface area contributed by atoms with E-state index in [0.717, 1.165) is 35.8 Å². The van der Waals surface area contributed by atoms with Gasteiger partial charge in [-0.25, -0.2) is 0 Å². The molecule has 2 fully saturated rings. The summed E-state index contributed by atoms with van der Waals surface area (Å²) in [5.74, 6) is -0.815. The first kappa shape index (κ1) is 35.3. The molecule has 232 valence electrons. The molecule has 0 heterocycles. The van der Waals surface area contributed by atoms with E-state index in [1.54, 1.807) is 6.92 Å². The molecule has 2 rings (SSSR count). The molecule has 0 unspecified atom stereocenters. The van der Waals surface area contributed by atoms with Crippen LogP contribution in [-0.2, 0) is 9.53 Å². The van der Waals surface area contributed by atoms with Gasteiger partial charge in [0.05, 0.1) is 38.1 Å². The Morgan fingerprint density at radius 3 is 2.54 bits per heavy atom. The molecular formula is C33H52O8. The number of rotatable bonds is 16. The molecular weight excluding hydrogens is 524 g/mol. The van der Waals surface area contributed by atoms with Crippen LogP contribution >= 0.6 is 0 Å². The molecule has 0 saturated heterocycles. The monoisotopic (exact) mass is 576 g/mol. The fourth-order valence-electron chi connectivity index (χ4n) is 6.80. The highest BCUT2D eigenvalue weighted by Gasteiger charge is 2.65. The van der Waals surface area contributed by atoms with Crippen LogP contribution in [0, 0.1) is 17.3 Å². The van der Waals surface area contributed by atoms with Crippen LogP contribution in [0.5, 0.6) is 0 Å². The highest BCUT2D eigenvalue weighted by atomic mass is 16.5. The lowest BCUT2D eigenvalue weighted by atomic mass is 9.52. The van der Waals surface area contributed by atoms with Crippen molar-refractivity contribution >= 4 is 6.29 Å². The molecule has 0 aliphatic heterocycles. The Bertz CT molecular complexity index is 991. The summed E-state index contributed by atoms with van der Waals surface area (Å²) < 4.78 is 5.73. The highest BCUT2D eigenvalue weighted by molar-refractivity contribution is 5.74. The summed E-state index contributed by atoms with van der Waals surface area (Å²) >= 11 is 0. The Kier molecular flexibility index (Phi) is 14.3. The second-order valence-corrected chi connectivity index (χ2v) is 12.0. The van der Waals surface area contributed by atoms with Gasteiger partial charge in [0.1, 0.15) is 12.4 Å². The third kappa shape index (κ3) is 8.57. The van der Waals surface area contributed by atoms with E-state index in [1.807, 2.05) is 18.2 Å². The van der Waals surface area contributed by atoms with Crippen molar-refractivity contribution in [2.45, 2.75) is 89.9 Å². The number of aliphatic hydroxyl groups excluding tert-OH is 5. The quantitative estimate of drug-likeness (QED) is 0.0710. The van der Waals surface area contributed by atoms with Crippen molar-refractivity contribution in [1.29, 1.82) is 0 Å². The summed E-state index contributed by atoms with van der Waals surface area (Å²) in [5.41, 5.74) is 1.70. The normalized spacial score (nSPS) is 30.6. The smallest absolute Gasteiger partial charge is 0.145 e. The van der Waals surface area contributed by atoms with Crippen molar-refractivity contribution in [2.75, 3.05) is 33.0 Å². The van der Waals surface area contributed by atoms with Crippen LogP contribution in [0.15, 0.2) is 58.7 Å². The number of ether oxygens (including phenoxy) is 1. The van der Waals surface area contributed by atoms with E-state index < -0.39 is 48.3 Å². The lowest BCUT2D eigenvalue weighted by Gasteiger charge is -2.56. The molecule has 0 aromatic heterocycles. The standard InChI is InChI=1S/C33H52O8/c1-23(2)8-5-9-24(3)10-6-11-26(20-41-21-27(38)19-36)29-14-16-33(31(29)39)30(12-7-17-34)28(25(4)18-35)13-15-32(33,40)22-37/h6,8,10-11,18,27,29-31,34,36-40H,3,5,7,9,12-17,19-22H2,1-2,4H3/b10-6+,26-11-,28-25-/t27-,29+,30+,31-,32+,33-/m1/s1. The van der Waals surface area contributed by atoms with Crippen molar-refractivity contribution in [1.82, 2.24) is 0 Å². The van der Waals surface area contributed by atoms with Gasteiger partial charge in [-0.05, 0) is 89.2 Å². The summed E-state index contributed by atoms with van der Waals surface area (Å²) in [5, 5.41) is 63.1. The maximum atomic E-state index is 12.1. The lowest BCUT2D eigenvalue weighted by Crippen LogP contribution is -2.62. The summed E-state index contributed by atoms with van der Waals surface area (Å²) in [4.78, 5) is 11.8.